The van der Waals surface area contributed by atoms with E-state index in [4.69, 9.17) is 0 Å². The Morgan fingerprint density at radius 1 is 0.771 bits per heavy atom. The summed E-state index contributed by atoms with van der Waals surface area (Å²) in [7, 11) is -1.97. The first-order valence-electron chi connectivity index (χ1n) is 11.2. The molecule has 1 amide bonds. The summed E-state index contributed by atoms with van der Waals surface area (Å²) in [5.74, 6) is -0.240. The zero-order chi connectivity index (χ0) is 25.0. The zero-order valence-corrected chi connectivity index (χ0v) is 20.4. The molecule has 178 valence electrons. The van der Waals surface area contributed by atoms with Gasteiger partial charge in [0.2, 0.25) is 10.0 Å². The fourth-order valence-electron chi connectivity index (χ4n) is 3.80. The molecule has 7 heteroatoms. The van der Waals surface area contributed by atoms with Crippen LogP contribution in [0.3, 0.4) is 0 Å². The quantitative estimate of drug-likeness (QED) is 0.363. The molecule has 6 nitrogen and oxygen atoms in total. The Labute approximate surface area is 205 Å². The molecule has 0 aliphatic heterocycles. The number of hydrogen-bond acceptors (Lipinski definition) is 4. The van der Waals surface area contributed by atoms with Gasteiger partial charge in [-0.25, -0.2) is 13.1 Å². The van der Waals surface area contributed by atoms with E-state index in [0.29, 0.717) is 17.7 Å². The Bertz CT molecular complexity index is 1480. The van der Waals surface area contributed by atoms with Crippen LogP contribution >= 0.6 is 0 Å². The Morgan fingerprint density at radius 2 is 1.37 bits per heavy atom. The van der Waals surface area contributed by atoms with Gasteiger partial charge in [0.15, 0.2) is 5.78 Å². The van der Waals surface area contributed by atoms with Crippen molar-refractivity contribution in [3.05, 3.63) is 113 Å². The zero-order valence-electron chi connectivity index (χ0n) is 19.6. The third-order valence-electron chi connectivity index (χ3n) is 5.82. The van der Waals surface area contributed by atoms with E-state index in [1.54, 1.807) is 36.2 Å². The third kappa shape index (κ3) is 5.82. The smallest absolute Gasteiger partial charge is 0.253 e. The molecule has 4 aromatic rings. The minimum absolute atomic E-state index is 0.0815. The second kappa shape index (κ2) is 10.2. The first kappa shape index (κ1) is 24.3. The summed E-state index contributed by atoms with van der Waals surface area (Å²) in [6, 6.07) is 26.9. The number of Topliss-reactive ketones (excluding diaryl/α,β-unsaturated/α-hetero) is 1. The van der Waals surface area contributed by atoms with Crippen LogP contribution in [-0.2, 0) is 23.1 Å². The highest BCUT2D eigenvalue weighted by molar-refractivity contribution is 7.89. The van der Waals surface area contributed by atoms with E-state index in [1.807, 2.05) is 18.2 Å². The van der Waals surface area contributed by atoms with Gasteiger partial charge in [0.1, 0.15) is 0 Å². The number of benzene rings is 4. The molecule has 35 heavy (non-hydrogen) atoms. The van der Waals surface area contributed by atoms with Gasteiger partial charge in [-0.15, -0.1) is 0 Å². The third-order valence-corrected chi connectivity index (χ3v) is 7.24. The first-order chi connectivity index (χ1) is 16.7. The summed E-state index contributed by atoms with van der Waals surface area (Å²) < 4.78 is 27.7. The number of carbonyl (C=O) groups excluding carboxylic acids is 2. The molecule has 1 N–H and O–H groups in total. The summed E-state index contributed by atoms with van der Waals surface area (Å²) in [6.45, 7) is 1.99. The van der Waals surface area contributed by atoms with Crippen molar-refractivity contribution in [1.82, 2.24) is 9.62 Å². The molecule has 0 heterocycles. The number of rotatable bonds is 8. The maximum absolute atomic E-state index is 12.9. The number of carbonyl (C=O) groups is 2. The molecule has 0 fully saturated rings. The largest absolute Gasteiger partial charge is 0.337 e. The molecule has 0 aliphatic rings. The van der Waals surface area contributed by atoms with Gasteiger partial charge in [-0.2, -0.15) is 0 Å². The second-order valence-electron chi connectivity index (χ2n) is 8.44. The van der Waals surface area contributed by atoms with Gasteiger partial charge in [0.25, 0.3) is 5.91 Å². The molecule has 0 saturated heterocycles. The van der Waals surface area contributed by atoms with Crippen molar-refractivity contribution in [2.24, 2.45) is 0 Å². The lowest BCUT2D eigenvalue weighted by Crippen LogP contribution is -2.26. The highest BCUT2D eigenvalue weighted by Crippen LogP contribution is 2.18. The number of sulfonamides is 1. The number of hydrogen-bond donors (Lipinski definition) is 1. The molecule has 0 spiro atoms. The standard InChI is InChI=1S/C28H26N2O4S/c1-20(31)23-13-15-27(16-14-23)35(33,34)29-18-21-7-11-25(12-8-21)28(32)30(2)19-22-9-10-24-5-3-4-6-26(24)17-22/h3-17,29H,18-19H2,1-2H3. The van der Waals surface area contributed by atoms with E-state index in [2.05, 4.69) is 29.0 Å². The molecule has 0 bridgehead atoms. The number of nitrogens with one attached hydrogen (secondary N) is 1. The average Bonchev–Trinajstić information content (AvgIpc) is 2.87. The molecule has 0 atom stereocenters. The Kier molecular flexibility index (Phi) is 7.10. The Balaban J connectivity index is 1.37. The van der Waals surface area contributed by atoms with Crippen molar-refractivity contribution in [1.29, 1.82) is 0 Å². The summed E-state index contributed by atoms with van der Waals surface area (Å²) in [4.78, 5) is 26.0. The lowest BCUT2D eigenvalue weighted by Gasteiger charge is -2.18. The maximum Gasteiger partial charge on any atom is 0.253 e. The van der Waals surface area contributed by atoms with Crippen LogP contribution in [0.1, 0.15) is 38.8 Å². The number of amides is 1. The minimum atomic E-state index is -3.73. The highest BCUT2D eigenvalue weighted by Gasteiger charge is 2.15. The number of nitrogens with zero attached hydrogens (tertiary/aromatic N) is 1. The van der Waals surface area contributed by atoms with E-state index in [9.17, 15) is 18.0 Å². The van der Waals surface area contributed by atoms with E-state index < -0.39 is 10.0 Å². The van der Waals surface area contributed by atoms with E-state index in [1.165, 1.54) is 31.2 Å². The summed E-state index contributed by atoms with van der Waals surface area (Å²) >= 11 is 0. The summed E-state index contributed by atoms with van der Waals surface area (Å²) in [5, 5.41) is 2.29. The average molecular weight is 487 g/mol. The van der Waals surface area contributed by atoms with Crippen LogP contribution in [0.15, 0.2) is 95.9 Å². The van der Waals surface area contributed by atoms with Crippen LogP contribution in [-0.4, -0.2) is 32.1 Å². The predicted molar refractivity (Wildman–Crippen MR) is 137 cm³/mol. The molecule has 4 aromatic carbocycles. The molecular formula is C28H26N2O4S. The molecule has 0 aliphatic carbocycles. The van der Waals surface area contributed by atoms with Gasteiger partial charge < -0.3 is 4.90 Å². The van der Waals surface area contributed by atoms with Crippen LogP contribution in [0.25, 0.3) is 10.8 Å². The Morgan fingerprint density at radius 3 is 2.03 bits per heavy atom. The maximum atomic E-state index is 12.9. The fourth-order valence-corrected chi connectivity index (χ4v) is 4.82. The molecule has 0 unspecified atom stereocenters. The summed E-state index contributed by atoms with van der Waals surface area (Å²) in [6.07, 6.45) is 0. The molecular weight excluding hydrogens is 460 g/mol. The molecule has 4 rings (SSSR count). The Hall–Kier alpha value is -3.81. The van der Waals surface area contributed by atoms with Crippen molar-refractivity contribution >= 4 is 32.5 Å². The summed E-state index contributed by atoms with van der Waals surface area (Å²) in [5.41, 5.74) is 2.75. The van der Waals surface area contributed by atoms with Crippen molar-refractivity contribution in [2.75, 3.05) is 7.05 Å². The van der Waals surface area contributed by atoms with E-state index >= 15 is 0 Å². The van der Waals surface area contributed by atoms with Gasteiger partial charge in [0, 0.05) is 31.3 Å². The van der Waals surface area contributed by atoms with Crippen LogP contribution in [0.2, 0.25) is 0 Å². The van der Waals surface area contributed by atoms with Gasteiger partial charge in [0.05, 0.1) is 4.90 Å². The van der Waals surface area contributed by atoms with E-state index in [0.717, 1.165) is 21.9 Å². The van der Waals surface area contributed by atoms with E-state index in [-0.39, 0.29) is 23.1 Å². The lowest BCUT2D eigenvalue weighted by molar-refractivity contribution is 0.0785. The number of fused-ring (bicyclic) bond motifs is 1. The first-order valence-corrected chi connectivity index (χ1v) is 12.6. The molecule has 0 saturated carbocycles. The van der Waals surface area contributed by atoms with Crippen LogP contribution in [0.5, 0.6) is 0 Å². The van der Waals surface area contributed by atoms with Crippen molar-refractivity contribution in [3.8, 4) is 0 Å². The number of ketones is 1. The monoisotopic (exact) mass is 486 g/mol. The van der Waals surface area contributed by atoms with Crippen molar-refractivity contribution in [3.63, 3.8) is 0 Å². The minimum Gasteiger partial charge on any atom is -0.337 e. The van der Waals surface area contributed by atoms with Crippen LogP contribution in [0.4, 0.5) is 0 Å². The highest BCUT2D eigenvalue weighted by atomic mass is 32.2. The van der Waals surface area contributed by atoms with Gasteiger partial charge in [-0.1, -0.05) is 60.7 Å². The van der Waals surface area contributed by atoms with Crippen molar-refractivity contribution in [2.45, 2.75) is 24.9 Å². The second-order valence-corrected chi connectivity index (χ2v) is 10.2. The van der Waals surface area contributed by atoms with Crippen LogP contribution < -0.4 is 4.72 Å². The van der Waals surface area contributed by atoms with Gasteiger partial charge in [-0.05, 0) is 59.2 Å². The predicted octanol–water partition coefficient (Wildman–Crippen LogP) is 4.79. The van der Waals surface area contributed by atoms with Crippen LogP contribution in [0, 0.1) is 0 Å². The van der Waals surface area contributed by atoms with Crippen molar-refractivity contribution < 1.29 is 18.0 Å². The normalized spacial score (nSPS) is 11.4. The SMILES string of the molecule is CC(=O)c1ccc(S(=O)(=O)NCc2ccc(C(=O)N(C)Cc3ccc4ccccc4c3)cc2)cc1. The van der Waals surface area contributed by atoms with Gasteiger partial charge in [-0.3, -0.25) is 9.59 Å². The lowest BCUT2D eigenvalue weighted by atomic mass is 10.1. The molecule has 0 radical (unpaired) electrons. The molecule has 0 aromatic heterocycles. The van der Waals surface area contributed by atoms with Gasteiger partial charge >= 0.3 is 0 Å². The topological polar surface area (TPSA) is 83.5 Å². The fraction of sp³-hybridized carbons (Fsp3) is 0.143.